The van der Waals surface area contributed by atoms with Gasteiger partial charge in [0.1, 0.15) is 11.8 Å². The van der Waals surface area contributed by atoms with E-state index in [1.54, 1.807) is 19.2 Å². The number of fused-ring (bicyclic) bond motifs is 1. The summed E-state index contributed by atoms with van der Waals surface area (Å²) in [7, 11) is 1.68. The van der Waals surface area contributed by atoms with Crippen molar-refractivity contribution in [1.29, 1.82) is 0 Å². The van der Waals surface area contributed by atoms with E-state index >= 15 is 0 Å². The van der Waals surface area contributed by atoms with E-state index in [2.05, 4.69) is 17.5 Å². The van der Waals surface area contributed by atoms with Crippen molar-refractivity contribution in [3.63, 3.8) is 0 Å². The summed E-state index contributed by atoms with van der Waals surface area (Å²) in [6, 6.07) is 16.4. The molecule has 0 radical (unpaired) electrons. The van der Waals surface area contributed by atoms with Crippen LogP contribution in [0.1, 0.15) is 35.7 Å². The van der Waals surface area contributed by atoms with Crippen molar-refractivity contribution in [3.05, 3.63) is 77.9 Å². The molecule has 152 valence electrons. The highest BCUT2D eigenvalue weighted by Gasteiger charge is 2.29. The first kappa shape index (κ1) is 20.6. The summed E-state index contributed by atoms with van der Waals surface area (Å²) < 4.78 is 6.04. The van der Waals surface area contributed by atoms with Gasteiger partial charge in [-0.1, -0.05) is 54.6 Å². The molecule has 0 fully saturated rings. The Morgan fingerprint density at radius 1 is 1.03 bits per heavy atom. The third-order valence-electron chi connectivity index (χ3n) is 5.05. The lowest BCUT2D eigenvalue weighted by atomic mass is 10.0. The lowest BCUT2D eigenvalue weighted by Crippen LogP contribution is -2.49. The van der Waals surface area contributed by atoms with E-state index in [1.807, 2.05) is 49.4 Å². The van der Waals surface area contributed by atoms with Crippen molar-refractivity contribution in [2.75, 3.05) is 13.6 Å². The first-order chi connectivity index (χ1) is 14.1. The molecule has 5 heteroatoms. The molecule has 0 aromatic heterocycles. The zero-order valence-corrected chi connectivity index (χ0v) is 17.0. The van der Waals surface area contributed by atoms with Crippen LogP contribution >= 0.6 is 0 Å². The van der Waals surface area contributed by atoms with Crippen molar-refractivity contribution in [2.24, 2.45) is 0 Å². The van der Waals surface area contributed by atoms with Gasteiger partial charge in [0.15, 0.2) is 0 Å². The van der Waals surface area contributed by atoms with Gasteiger partial charge >= 0.3 is 0 Å². The number of amides is 2. The fraction of sp³-hybridized carbons (Fsp3) is 0.333. The molecule has 0 spiro atoms. The summed E-state index contributed by atoms with van der Waals surface area (Å²) in [5, 5.41) is 2.98. The predicted molar refractivity (Wildman–Crippen MR) is 114 cm³/mol. The highest BCUT2D eigenvalue weighted by Crippen LogP contribution is 2.23. The zero-order valence-electron chi connectivity index (χ0n) is 17.0. The molecule has 2 aromatic rings. The monoisotopic (exact) mass is 392 g/mol. The van der Waals surface area contributed by atoms with Crippen molar-refractivity contribution < 1.29 is 14.3 Å². The number of nitrogens with zero attached hydrogens (tertiary/aromatic N) is 1. The summed E-state index contributed by atoms with van der Waals surface area (Å²) in [4.78, 5) is 27.8. The van der Waals surface area contributed by atoms with Crippen molar-refractivity contribution >= 4 is 11.8 Å². The summed E-state index contributed by atoms with van der Waals surface area (Å²) in [6.45, 7) is 2.52. The zero-order chi connectivity index (χ0) is 20.6. The van der Waals surface area contributed by atoms with Crippen LogP contribution in [-0.4, -0.2) is 42.5 Å². The van der Waals surface area contributed by atoms with Crippen LogP contribution < -0.4 is 10.1 Å². The standard InChI is InChI=1S/C24H28N2O3/c1-18-11-5-4-10-16-25-23(27)21(17-19-12-6-3-7-13-19)26(2)24(28)20-14-8-9-15-22(20)29-18/h3-9,12-15,18,21H,10-11,16-17H2,1-2H3,(H,25,27)/b5-4+/t18-,21-/m1/s1. The fourth-order valence-electron chi connectivity index (χ4n) is 3.39. The van der Waals surface area contributed by atoms with Gasteiger partial charge in [0.2, 0.25) is 5.91 Å². The number of benzene rings is 2. The topological polar surface area (TPSA) is 58.6 Å². The molecule has 1 N–H and O–H groups in total. The van der Waals surface area contributed by atoms with Gasteiger partial charge in [0, 0.05) is 26.4 Å². The normalized spacial score (nSPS) is 22.1. The molecule has 1 aliphatic heterocycles. The molecule has 0 saturated carbocycles. The Bertz CT molecular complexity index is 863. The van der Waals surface area contributed by atoms with Crippen LogP contribution in [0, 0.1) is 0 Å². The van der Waals surface area contributed by atoms with Crippen molar-refractivity contribution in [1.82, 2.24) is 10.2 Å². The maximum atomic E-state index is 13.3. The molecule has 2 amide bonds. The number of nitrogens with one attached hydrogen (secondary N) is 1. The minimum atomic E-state index is -0.609. The molecular weight excluding hydrogens is 364 g/mol. The summed E-state index contributed by atoms with van der Waals surface area (Å²) >= 11 is 0. The first-order valence-electron chi connectivity index (χ1n) is 10.1. The van der Waals surface area contributed by atoms with Crippen LogP contribution in [-0.2, 0) is 11.2 Å². The molecule has 2 atom stereocenters. The molecule has 29 heavy (non-hydrogen) atoms. The van der Waals surface area contributed by atoms with Gasteiger partial charge < -0.3 is 15.0 Å². The lowest BCUT2D eigenvalue weighted by molar-refractivity contribution is -0.125. The Kier molecular flexibility index (Phi) is 7.06. The second-order valence-corrected chi connectivity index (χ2v) is 7.33. The van der Waals surface area contributed by atoms with E-state index in [9.17, 15) is 9.59 Å². The van der Waals surface area contributed by atoms with Crippen LogP contribution in [0.25, 0.3) is 0 Å². The van der Waals surface area contributed by atoms with Crippen molar-refractivity contribution in [2.45, 2.75) is 38.3 Å². The van der Waals surface area contributed by atoms with E-state index < -0.39 is 6.04 Å². The fourth-order valence-corrected chi connectivity index (χ4v) is 3.39. The largest absolute Gasteiger partial charge is 0.490 e. The molecule has 5 nitrogen and oxygen atoms in total. The van der Waals surface area contributed by atoms with E-state index in [4.69, 9.17) is 4.74 Å². The van der Waals surface area contributed by atoms with Crippen LogP contribution in [0.5, 0.6) is 5.75 Å². The summed E-state index contributed by atoms with van der Waals surface area (Å²) in [6.07, 6.45) is 5.99. The number of para-hydroxylation sites is 1. The van der Waals surface area contributed by atoms with Crippen LogP contribution in [0.4, 0.5) is 0 Å². The van der Waals surface area contributed by atoms with Crippen molar-refractivity contribution in [3.8, 4) is 5.75 Å². The smallest absolute Gasteiger partial charge is 0.258 e. The minimum Gasteiger partial charge on any atom is -0.490 e. The molecule has 1 heterocycles. The van der Waals surface area contributed by atoms with E-state index in [0.29, 0.717) is 24.3 Å². The molecule has 3 rings (SSSR count). The molecule has 1 aliphatic rings. The Balaban J connectivity index is 1.94. The number of hydrogen-bond acceptors (Lipinski definition) is 3. The predicted octanol–water partition coefficient (Wildman–Crippen LogP) is 3.60. The quantitative estimate of drug-likeness (QED) is 0.795. The van der Waals surface area contributed by atoms with E-state index in [0.717, 1.165) is 18.4 Å². The third kappa shape index (κ3) is 5.47. The molecule has 0 unspecified atom stereocenters. The number of rotatable bonds is 2. The highest BCUT2D eigenvalue weighted by molar-refractivity contribution is 5.99. The minimum absolute atomic E-state index is 0.0526. The average Bonchev–Trinajstić information content (AvgIpc) is 2.74. The Morgan fingerprint density at radius 3 is 2.55 bits per heavy atom. The van der Waals surface area contributed by atoms with Crippen LogP contribution in [0.3, 0.4) is 0 Å². The Morgan fingerprint density at radius 2 is 1.76 bits per heavy atom. The van der Waals surface area contributed by atoms with Gasteiger partial charge in [-0.15, -0.1) is 0 Å². The maximum Gasteiger partial charge on any atom is 0.258 e. The Labute approximate surface area is 172 Å². The SMILES string of the molecule is C[C@@H]1C/C=C/CCNC(=O)[C@@H](Cc2ccccc2)N(C)C(=O)c2ccccc2O1. The number of hydrogen-bond donors (Lipinski definition) is 1. The molecular formula is C24H28N2O3. The number of carbonyl (C=O) groups excluding carboxylic acids is 2. The van der Waals surface area contributed by atoms with Gasteiger partial charge in [0.05, 0.1) is 11.7 Å². The molecule has 2 aromatic carbocycles. The van der Waals surface area contributed by atoms with E-state index in [1.165, 1.54) is 4.90 Å². The maximum absolute atomic E-state index is 13.3. The lowest BCUT2D eigenvalue weighted by Gasteiger charge is -2.28. The average molecular weight is 392 g/mol. The van der Waals surface area contributed by atoms with Gasteiger partial charge in [-0.3, -0.25) is 9.59 Å². The van der Waals surface area contributed by atoms with Gasteiger partial charge in [-0.2, -0.15) is 0 Å². The second kappa shape index (κ2) is 9.92. The first-order valence-corrected chi connectivity index (χ1v) is 10.1. The Hall–Kier alpha value is -3.08. The number of ether oxygens (including phenoxy) is 1. The summed E-state index contributed by atoms with van der Waals surface area (Å²) in [5.74, 6) is 0.166. The van der Waals surface area contributed by atoms with Gasteiger partial charge in [-0.25, -0.2) is 0 Å². The van der Waals surface area contributed by atoms with Crippen LogP contribution in [0.2, 0.25) is 0 Å². The molecule has 0 bridgehead atoms. The molecule has 0 saturated heterocycles. The number of likely N-dealkylation sites (N-methyl/N-ethyl adjacent to an activating group) is 1. The van der Waals surface area contributed by atoms with Crippen LogP contribution in [0.15, 0.2) is 66.7 Å². The third-order valence-corrected chi connectivity index (χ3v) is 5.05. The summed E-state index contributed by atoms with van der Waals surface area (Å²) in [5.41, 5.74) is 1.47. The highest BCUT2D eigenvalue weighted by atomic mass is 16.5. The van der Waals surface area contributed by atoms with E-state index in [-0.39, 0.29) is 17.9 Å². The van der Waals surface area contributed by atoms with Gasteiger partial charge in [-0.05, 0) is 31.0 Å². The second-order valence-electron chi connectivity index (χ2n) is 7.33. The molecule has 0 aliphatic carbocycles. The van der Waals surface area contributed by atoms with Gasteiger partial charge in [0.25, 0.3) is 5.91 Å². The number of carbonyl (C=O) groups is 2.